The van der Waals surface area contributed by atoms with Crippen LogP contribution in [0.1, 0.15) is 32.9 Å². The van der Waals surface area contributed by atoms with Gasteiger partial charge in [-0.1, -0.05) is 12.1 Å². The molecule has 1 amide bonds. The van der Waals surface area contributed by atoms with E-state index in [1.54, 1.807) is 12.1 Å². The van der Waals surface area contributed by atoms with Gasteiger partial charge in [0, 0.05) is 18.2 Å². The topological polar surface area (TPSA) is 76.6 Å². The van der Waals surface area contributed by atoms with Crippen LogP contribution in [0.25, 0.3) is 16.3 Å². The van der Waals surface area contributed by atoms with Gasteiger partial charge in [-0.05, 0) is 54.3 Å². The number of aromatic nitrogens is 1. The molecule has 3 aromatic rings. The summed E-state index contributed by atoms with van der Waals surface area (Å²) in [4.78, 5) is 43.0. The van der Waals surface area contributed by atoms with Gasteiger partial charge in [-0.15, -0.1) is 11.3 Å². The number of rotatable bonds is 5. The first-order valence-electron chi connectivity index (χ1n) is 9.78. The molecule has 0 saturated heterocycles. The van der Waals surface area contributed by atoms with Crippen molar-refractivity contribution in [1.29, 1.82) is 0 Å². The van der Waals surface area contributed by atoms with Crippen LogP contribution < -0.4 is 4.90 Å². The number of nitrogens with zero attached hydrogens (tertiary/aromatic N) is 2. The molecule has 0 atom stereocenters. The highest BCUT2D eigenvalue weighted by molar-refractivity contribution is 7.19. The zero-order valence-electron chi connectivity index (χ0n) is 16.1. The molecule has 0 aliphatic carbocycles. The van der Waals surface area contributed by atoms with Crippen LogP contribution in [-0.2, 0) is 27.2 Å². The second-order valence-corrected chi connectivity index (χ2v) is 8.42. The number of esters is 1. The van der Waals surface area contributed by atoms with Crippen molar-refractivity contribution in [2.24, 2.45) is 0 Å². The number of ether oxygens (including phenoxy) is 1. The Balaban J connectivity index is 1.24. The van der Waals surface area contributed by atoms with Crippen LogP contribution >= 0.6 is 11.3 Å². The summed E-state index contributed by atoms with van der Waals surface area (Å²) >= 11 is 1.48. The molecule has 2 aliphatic heterocycles. The van der Waals surface area contributed by atoms with Crippen molar-refractivity contribution < 1.29 is 19.1 Å². The zero-order valence-corrected chi connectivity index (χ0v) is 16.9. The molecule has 5 rings (SSSR count). The molecule has 2 aromatic carbocycles. The lowest BCUT2D eigenvalue weighted by molar-refractivity contribution is -0.136. The van der Waals surface area contributed by atoms with Crippen molar-refractivity contribution in [3.8, 4) is 0 Å². The second kappa shape index (κ2) is 7.50. The van der Waals surface area contributed by atoms with Gasteiger partial charge in [0.25, 0.3) is 0 Å². The average molecular weight is 418 g/mol. The van der Waals surface area contributed by atoms with Crippen molar-refractivity contribution in [2.75, 3.05) is 18.1 Å². The monoisotopic (exact) mass is 418 g/mol. The van der Waals surface area contributed by atoms with Gasteiger partial charge in [-0.25, -0.2) is 9.78 Å². The molecule has 0 N–H and O–H groups in total. The lowest BCUT2D eigenvalue weighted by Gasteiger charge is -2.25. The molecule has 0 radical (unpaired) electrons. The van der Waals surface area contributed by atoms with E-state index in [0.29, 0.717) is 17.0 Å². The Labute approximate surface area is 176 Å². The smallest absolute Gasteiger partial charge is 0.331 e. The number of amides is 1. The third-order valence-corrected chi connectivity index (χ3v) is 6.35. The van der Waals surface area contributed by atoms with Crippen LogP contribution in [0.2, 0.25) is 0 Å². The molecule has 1 aromatic heterocycles. The van der Waals surface area contributed by atoms with Gasteiger partial charge in [0.05, 0.1) is 22.3 Å². The quantitative estimate of drug-likeness (QED) is 0.360. The van der Waals surface area contributed by atoms with Crippen LogP contribution in [0.4, 0.5) is 5.69 Å². The summed E-state index contributed by atoms with van der Waals surface area (Å²) in [5.74, 6) is -0.777. The number of hydrogen-bond acceptors (Lipinski definition) is 6. The third kappa shape index (κ3) is 3.41. The lowest BCUT2D eigenvalue weighted by atomic mass is 9.95. The molecule has 2 aliphatic rings. The van der Waals surface area contributed by atoms with Gasteiger partial charge in [0.2, 0.25) is 5.91 Å². The van der Waals surface area contributed by atoms with E-state index in [-0.39, 0.29) is 18.3 Å². The molecule has 150 valence electrons. The summed E-state index contributed by atoms with van der Waals surface area (Å²) in [6, 6.07) is 11.3. The Morgan fingerprint density at radius 1 is 1.20 bits per heavy atom. The minimum atomic E-state index is -0.591. The van der Waals surface area contributed by atoms with E-state index in [1.807, 2.05) is 35.2 Å². The summed E-state index contributed by atoms with van der Waals surface area (Å²) < 4.78 is 6.17. The molecule has 6 nitrogen and oxygen atoms in total. The minimum Gasteiger partial charge on any atom is -0.454 e. The van der Waals surface area contributed by atoms with E-state index in [9.17, 15) is 14.4 Å². The number of hydrogen-bond donors (Lipinski definition) is 0. The molecule has 0 spiro atoms. The molecule has 0 unspecified atom stereocenters. The summed E-state index contributed by atoms with van der Waals surface area (Å²) in [7, 11) is 0. The highest BCUT2D eigenvalue weighted by atomic mass is 32.1. The molecule has 0 fully saturated rings. The van der Waals surface area contributed by atoms with Crippen LogP contribution in [0.15, 0.2) is 42.5 Å². The lowest BCUT2D eigenvalue weighted by Crippen LogP contribution is -2.31. The number of benzene rings is 2. The van der Waals surface area contributed by atoms with E-state index >= 15 is 0 Å². The van der Waals surface area contributed by atoms with Gasteiger partial charge in [0.15, 0.2) is 12.4 Å². The second-order valence-electron chi connectivity index (χ2n) is 7.35. The number of aryl methyl sites for hydroxylation is 1. The third-order valence-electron chi connectivity index (χ3n) is 5.35. The number of carbonyl (C=O) groups excluding carboxylic acids is 3. The summed E-state index contributed by atoms with van der Waals surface area (Å²) in [5, 5.41) is 0.700. The standard InChI is InChI=1S/C23H18N2O4S/c26-18(15-10-14-4-3-9-25-21(27)12-16(11-15)23(14)25)13-29-22(28)8-7-20-24-17-5-1-2-6-19(17)30-20/h1-2,5-8,10-11H,3-4,9,12-13H2. The highest BCUT2D eigenvalue weighted by Gasteiger charge is 2.32. The van der Waals surface area contributed by atoms with Gasteiger partial charge >= 0.3 is 5.97 Å². The van der Waals surface area contributed by atoms with Crippen molar-refractivity contribution in [3.05, 3.63) is 64.2 Å². The zero-order chi connectivity index (χ0) is 20.7. The maximum absolute atomic E-state index is 12.6. The summed E-state index contributed by atoms with van der Waals surface area (Å²) in [5.41, 5.74) is 4.25. The van der Waals surface area contributed by atoms with Crippen LogP contribution in [0, 0.1) is 0 Å². The molecule has 30 heavy (non-hydrogen) atoms. The van der Waals surface area contributed by atoms with Crippen molar-refractivity contribution in [1.82, 2.24) is 4.98 Å². The van der Waals surface area contributed by atoms with Crippen LogP contribution in [0.5, 0.6) is 0 Å². The first-order valence-corrected chi connectivity index (χ1v) is 10.6. The minimum absolute atomic E-state index is 0.0851. The van der Waals surface area contributed by atoms with E-state index in [0.717, 1.165) is 46.4 Å². The maximum Gasteiger partial charge on any atom is 0.331 e. The van der Waals surface area contributed by atoms with E-state index < -0.39 is 5.97 Å². The number of thiazole rings is 1. The molecule has 7 heteroatoms. The van der Waals surface area contributed by atoms with Crippen LogP contribution in [0.3, 0.4) is 0 Å². The van der Waals surface area contributed by atoms with Gasteiger partial charge in [0.1, 0.15) is 5.01 Å². The number of carbonyl (C=O) groups is 3. The fourth-order valence-corrected chi connectivity index (χ4v) is 4.88. The van der Waals surface area contributed by atoms with E-state index in [2.05, 4.69) is 4.98 Å². The first kappa shape index (κ1) is 18.7. The van der Waals surface area contributed by atoms with E-state index in [4.69, 9.17) is 4.74 Å². The SMILES string of the molecule is O=C(C=Cc1nc2ccccc2s1)OCC(=O)c1cc2c3c(c1)CC(=O)N3CCC2. The number of para-hydroxylation sites is 1. The Hall–Kier alpha value is -3.32. The molecule has 0 saturated carbocycles. The molecule has 3 heterocycles. The van der Waals surface area contributed by atoms with Gasteiger partial charge in [-0.2, -0.15) is 0 Å². The van der Waals surface area contributed by atoms with Crippen molar-refractivity contribution in [2.45, 2.75) is 19.3 Å². The highest BCUT2D eigenvalue weighted by Crippen LogP contribution is 2.37. The maximum atomic E-state index is 12.6. The van der Waals surface area contributed by atoms with Gasteiger partial charge < -0.3 is 9.64 Å². The Kier molecular flexibility index (Phi) is 4.67. The fraction of sp³-hybridized carbons (Fsp3) is 0.217. The number of anilines is 1. The Bertz CT molecular complexity index is 1190. The number of Topliss-reactive ketones (excluding diaryl/α,β-unsaturated/α-hetero) is 1. The first-order chi connectivity index (χ1) is 14.6. The number of ketones is 1. The predicted molar refractivity (Wildman–Crippen MR) is 115 cm³/mol. The van der Waals surface area contributed by atoms with E-state index in [1.165, 1.54) is 17.4 Å². The largest absolute Gasteiger partial charge is 0.454 e. The molecule has 0 bridgehead atoms. The number of fused-ring (bicyclic) bond motifs is 1. The average Bonchev–Trinajstić information content (AvgIpc) is 3.32. The van der Waals surface area contributed by atoms with Gasteiger partial charge in [-0.3, -0.25) is 9.59 Å². The van der Waals surface area contributed by atoms with Crippen molar-refractivity contribution in [3.63, 3.8) is 0 Å². The normalized spacial score (nSPS) is 15.1. The Morgan fingerprint density at radius 3 is 2.90 bits per heavy atom. The fourth-order valence-electron chi connectivity index (χ4n) is 4.01. The van der Waals surface area contributed by atoms with Crippen LogP contribution in [-0.4, -0.2) is 35.8 Å². The predicted octanol–water partition coefficient (Wildman–Crippen LogP) is 3.57. The Morgan fingerprint density at radius 2 is 2.03 bits per heavy atom. The summed E-state index contributed by atoms with van der Waals surface area (Å²) in [6.07, 6.45) is 4.94. The summed E-state index contributed by atoms with van der Waals surface area (Å²) in [6.45, 7) is 0.406. The molecular weight excluding hydrogens is 400 g/mol. The molecular formula is C23H18N2O4S. The van der Waals surface area contributed by atoms with Crippen molar-refractivity contribution >= 4 is 51.0 Å².